The topological polar surface area (TPSA) is 74.1 Å². The Bertz CT molecular complexity index is 1430. The highest BCUT2D eigenvalue weighted by molar-refractivity contribution is 7.90. The quantitative estimate of drug-likeness (QED) is 0.296. The maximum Gasteiger partial charge on any atom is 0.416 e. The summed E-state index contributed by atoms with van der Waals surface area (Å²) in [5, 5.41) is 7.09. The van der Waals surface area contributed by atoms with E-state index in [9.17, 15) is 21.6 Å². The third-order valence-corrected chi connectivity index (χ3v) is 7.36. The number of anilines is 1. The van der Waals surface area contributed by atoms with E-state index in [0.29, 0.717) is 33.6 Å². The molecule has 0 bridgehead atoms. The number of aliphatic imine (C=N–C) groups is 1. The van der Waals surface area contributed by atoms with Crippen LogP contribution in [0.1, 0.15) is 23.6 Å². The van der Waals surface area contributed by atoms with Crippen LogP contribution in [-0.4, -0.2) is 27.0 Å². The maximum absolute atomic E-state index is 12.9. The van der Waals surface area contributed by atoms with Gasteiger partial charge in [0.1, 0.15) is 5.71 Å². The zero-order chi connectivity index (χ0) is 26.1. The summed E-state index contributed by atoms with van der Waals surface area (Å²) in [6.07, 6.45) is -4.30. The molecule has 0 fully saturated rings. The number of amidine groups is 1. The van der Waals surface area contributed by atoms with Crippen molar-refractivity contribution in [2.45, 2.75) is 23.5 Å². The second-order valence-corrected chi connectivity index (χ2v) is 10.3. The number of alkyl halides is 3. The van der Waals surface area contributed by atoms with E-state index in [0.717, 1.165) is 17.7 Å². The van der Waals surface area contributed by atoms with Crippen molar-refractivity contribution in [2.24, 2.45) is 10.1 Å². The predicted octanol–water partition coefficient (Wildman–Crippen LogP) is 6.33. The van der Waals surface area contributed by atoms with E-state index in [-0.39, 0.29) is 23.2 Å². The van der Waals surface area contributed by atoms with Crippen LogP contribution in [0.5, 0.6) is 0 Å². The molecule has 1 N–H and O–H groups in total. The Morgan fingerprint density at radius 1 is 1.06 bits per heavy atom. The lowest BCUT2D eigenvalue weighted by molar-refractivity contribution is -0.137. The molecular formula is C24H19Cl2F3N4O2S. The molecule has 0 saturated carbocycles. The maximum atomic E-state index is 12.9. The van der Waals surface area contributed by atoms with Crippen LogP contribution in [0.15, 0.2) is 87.8 Å². The zero-order valence-electron chi connectivity index (χ0n) is 18.7. The van der Waals surface area contributed by atoms with Gasteiger partial charge in [0.25, 0.3) is 10.0 Å². The van der Waals surface area contributed by atoms with Crippen LogP contribution in [-0.2, 0) is 16.2 Å². The molecule has 0 aliphatic carbocycles. The highest BCUT2D eigenvalue weighted by Gasteiger charge is 2.34. The minimum absolute atomic E-state index is 0.0385. The van der Waals surface area contributed by atoms with Gasteiger partial charge in [-0.1, -0.05) is 53.5 Å². The molecule has 3 aromatic carbocycles. The van der Waals surface area contributed by atoms with Crippen LogP contribution in [0.25, 0.3) is 0 Å². The molecule has 1 aliphatic rings. The largest absolute Gasteiger partial charge is 0.416 e. The minimum Gasteiger partial charge on any atom is -0.270 e. The Morgan fingerprint density at radius 2 is 1.72 bits per heavy atom. The molecule has 1 aliphatic heterocycles. The van der Waals surface area contributed by atoms with Crippen molar-refractivity contribution in [2.75, 3.05) is 12.1 Å². The fourth-order valence-corrected chi connectivity index (χ4v) is 5.29. The molecule has 0 saturated heterocycles. The molecule has 1 heterocycles. The summed E-state index contributed by atoms with van der Waals surface area (Å²) in [6.45, 7) is 0. The van der Waals surface area contributed by atoms with E-state index >= 15 is 0 Å². The van der Waals surface area contributed by atoms with Gasteiger partial charge >= 0.3 is 6.18 Å². The molecule has 12 heteroatoms. The smallest absolute Gasteiger partial charge is 0.270 e. The number of halogens is 5. The molecule has 3 aromatic rings. The van der Waals surface area contributed by atoms with E-state index in [1.807, 2.05) is 30.3 Å². The number of nitrogens with one attached hydrogen (secondary N) is 1. The van der Waals surface area contributed by atoms with Gasteiger partial charge in [0.15, 0.2) is 5.84 Å². The summed E-state index contributed by atoms with van der Waals surface area (Å²) in [4.78, 5) is 3.72. The number of hydrazone groups is 1. The first kappa shape index (κ1) is 26.0. The Labute approximate surface area is 216 Å². The van der Waals surface area contributed by atoms with Crippen molar-refractivity contribution >= 4 is 50.5 Å². The van der Waals surface area contributed by atoms with Gasteiger partial charge in [0.2, 0.25) is 0 Å². The number of hydrogen-bond acceptors (Lipinski definition) is 5. The van der Waals surface area contributed by atoms with Gasteiger partial charge < -0.3 is 0 Å². The van der Waals surface area contributed by atoms with Crippen LogP contribution in [0.2, 0.25) is 10.0 Å². The monoisotopic (exact) mass is 554 g/mol. The summed E-state index contributed by atoms with van der Waals surface area (Å²) < 4.78 is 66.8. The minimum atomic E-state index is -4.58. The van der Waals surface area contributed by atoms with Gasteiger partial charge in [-0.05, 0) is 48.0 Å². The van der Waals surface area contributed by atoms with Gasteiger partial charge in [-0.2, -0.15) is 18.3 Å². The van der Waals surface area contributed by atoms with Crippen molar-refractivity contribution < 1.29 is 21.6 Å². The lowest BCUT2D eigenvalue weighted by Crippen LogP contribution is -2.36. The number of benzene rings is 3. The lowest BCUT2D eigenvalue weighted by Gasteiger charge is -2.24. The number of sulfonamides is 1. The van der Waals surface area contributed by atoms with Gasteiger partial charge in [-0.25, -0.2) is 8.42 Å². The molecule has 188 valence electrons. The second kappa shape index (κ2) is 10.1. The summed E-state index contributed by atoms with van der Waals surface area (Å²) in [5.41, 5.74) is 0.842. The van der Waals surface area contributed by atoms with Gasteiger partial charge in [0, 0.05) is 18.5 Å². The molecule has 1 atom stereocenters. The highest BCUT2D eigenvalue weighted by Crippen LogP contribution is 2.39. The molecular weight excluding hydrogens is 536 g/mol. The zero-order valence-corrected chi connectivity index (χ0v) is 21.0. The molecule has 0 amide bonds. The van der Waals surface area contributed by atoms with Crippen LogP contribution in [0.3, 0.4) is 0 Å². The Kier molecular flexibility index (Phi) is 7.31. The number of rotatable bonds is 5. The molecule has 1 unspecified atom stereocenters. The average Bonchev–Trinajstić information content (AvgIpc) is 3.27. The number of nitrogens with zero attached hydrogens (tertiary/aromatic N) is 3. The van der Waals surface area contributed by atoms with E-state index in [1.165, 1.54) is 7.05 Å². The molecule has 6 nitrogen and oxygen atoms in total. The third-order valence-electron chi connectivity index (χ3n) is 5.47. The fourth-order valence-electron chi connectivity index (χ4n) is 3.72. The third kappa shape index (κ3) is 5.50. The summed E-state index contributed by atoms with van der Waals surface area (Å²) in [5.74, 6) is -0.0385. The fraction of sp³-hybridized carbons (Fsp3) is 0.167. The van der Waals surface area contributed by atoms with Crippen molar-refractivity contribution in [1.29, 1.82) is 0 Å². The average molecular weight is 555 g/mol. The number of hydrogen-bond donors (Lipinski definition) is 1. The van der Waals surface area contributed by atoms with Crippen LogP contribution < -0.4 is 9.73 Å². The molecule has 36 heavy (non-hydrogen) atoms. The van der Waals surface area contributed by atoms with Crippen molar-refractivity contribution in [1.82, 2.24) is 4.72 Å². The van der Waals surface area contributed by atoms with Gasteiger partial charge in [-0.3, -0.25) is 14.7 Å². The summed E-state index contributed by atoms with van der Waals surface area (Å²) in [7, 11) is -2.85. The SMILES string of the molecule is CN=C(NS(=O)(=O)c1ccc(C(F)(F)F)cc1)C1=NN(c2ccc(Cl)cc2Cl)C(c2ccccc2)C1. The predicted molar refractivity (Wildman–Crippen MR) is 135 cm³/mol. The van der Waals surface area contributed by atoms with E-state index in [4.69, 9.17) is 23.2 Å². The first-order valence-electron chi connectivity index (χ1n) is 10.5. The molecule has 0 radical (unpaired) electrons. The summed E-state index contributed by atoms with van der Waals surface area (Å²) >= 11 is 12.5. The van der Waals surface area contributed by atoms with Crippen molar-refractivity contribution in [3.05, 3.63) is 94.0 Å². The van der Waals surface area contributed by atoms with E-state index in [2.05, 4.69) is 14.8 Å². The van der Waals surface area contributed by atoms with Gasteiger partial charge in [0.05, 0.1) is 27.2 Å². The van der Waals surface area contributed by atoms with Crippen molar-refractivity contribution in [3.8, 4) is 0 Å². The lowest BCUT2D eigenvalue weighted by atomic mass is 10.0. The van der Waals surface area contributed by atoms with Gasteiger partial charge in [-0.15, -0.1) is 0 Å². The van der Waals surface area contributed by atoms with Crippen molar-refractivity contribution in [3.63, 3.8) is 0 Å². The van der Waals surface area contributed by atoms with E-state index < -0.39 is 21.8 Å². The highest BCUT2D eigenvalue weighted by atomic mass is 35.5. The first-order valence-corrected chi connectivity index (χ1v) is 12.8. The van der Waals surface area contributed by atoms with Crippen LogP contribution in [0.4, 0.5) is 18.9 Å². The normalized spacial score (nSPS) is 16.7. The van der Waals surface area contributed by atoms with Crippen LogP contribution in [0, 0.1) is 0 Å². The standard InChI is InChI=1S/C24H19Cl2F3N4O2S/c1-30-23(32-36(34,35)18-10-7-16(8-11-18)24(27,28)29)20-14-22(15-5-3-2-4-6-15)33(31-20)21-12-9-17(25)13-19(21)26/h2-13,22H,14H2,1H3,(H,30,32). The summed E-state index contributed by atoms with van der Waals surface area (Å²) in [6, 6.07) is 17.3. The Hall–Kier alpha value is -3.08. The Morgan fingerprint density at radius 3 is 2.31 bits per heavy atom. The molecule has 0 aromatic heterocycles. The van der Waals surface area contributed by atoms with Crippen LogP contribution >= 0.6 is 23.2 Å². The Balaban J connectivity index is 1.67. The second-order valence-electron chi connectivity index (χ2n) is 7.82. The van der Waals surface area contributed by atoms with E-state index in [1.54, 1.807) is 23.2 Å². The first-order chi connectivity index (χ1) is 17.0. The molecule has 0 spiro atoms. The molecule has 4 rings (SSSR count).